The molecular weight excluding hydrogens is 188 g/mol. The van der Waals surface area contributed by atoms with Crippen LogP contribution in [-0.4, -0.2) is 23.4 Å². The number of nitrogens with two attached hydrogens (primary N) is 1. The fraction of sp³-hybridized carbons (Fsp3) is 0.417. The standard InChI is InChI=1S/C12H18N2O/c1-12(2,3)14(4)11(15)9-7-5-6-8-10(9)13/h5-8H,13H2,1-4H3. The summed E-state index contributed by atoms with van der Waals surface area (Å²) < 4.78 is 0. The molecule has 1 aromatic carbocycles. The predicted octanol–water partition coefficient (Wildman–Crippen LogP) is 2.14. The SMILES string of the molecule is CN(C(=O)c1ccccc1N)C(C)(C)C. The summed E-state index contributed by atoms with van der Waals surface area (Å²) in [7, 11) is 1.79. The zero-order valence-electron chi connectivity index (χ0n) is 9.74. The van der Waals surface area contributed by atoms with E-state index in [4.69, 9.17) is 5.73 Å². The maximum absolute atomic E-state index is 12.1. The van der Waals surface area contributed by atoms with Crippen LogP contribution in [0.15, 0.2) is 24.3 Å². The number of rotatable bonds is 1. The quantitative estimate of drug-likeness (QED) is 0.715. The molecule has 0 aromatic heterocycles. The Labute approximate surface area is 90.9 Å². The number of hydrogen-bond donors (Lipinski definition) is 1. The monoisotopic (exact) mass is 206 g/mol. The Morgan fingerprint density at radius 2 is 1.80 bits per heavy atom. The molecule has 0 atom stereocenters. The van der Waals surface area contributed by atoms with Gasteiger partial charge >= 0.3 is 0 Å². The minimum atomic E-state index is -0.195. The van der Waals surface area contributed by atoms with Gasteiger partial charge < -0.3 is 10.6 Å². The smallest absolute Gasteiger partial charge is 0.256 e. The predicted molar refractivity (Wildman–Crippen MR) is 62.7 cm³/mol. The van der Waals surface area contributed by atoms with Gasteiger partial charge in [-0.3, -0.25) is 4.79 Å². The maximum atomic E-state index is 12.1. The Kier molecular flexibility index (Phi) is 3.03. The number of nitrogens with zero attached hydrogens (tertiary/aromatic N) is 1. The van der Waals surface area contributed by atoms with E-state index in [-0.39, 0.29) is 11.4 Å². The molecule has 0 aliphatic rings. The number of benzene rings is 1. The summed E-state index contributed by atoms with van der Waals surface area (Å²) in [6, 6.07) is 7.13. The van der Waals surface area contributed by atoms with Crippen molar-refractivity contribution in [3.8, 4) is 0 Å². The highest BCUT2D eigenvalue weighted by Crippen LogP contribution is 2.18. The van der Waals surface area contributed by atoms with E-state index in [1.807, 2.05) is 32.9 Å². The van der Waals surface area contributed by atoms with Gasteiger partial charge in [-0.1, -0.05) is 12.1 Å². The molecule has 0 radical (unpaired) electrons. The summed E-state index contributed by atoms with van der Waals surface area (Å²) in [6.07, 6.45) is 0. The molecule has 0 saturated heterocycles. The Balaban J connectivity index is 3.01. The first-order valence-electron chi connectivity index (χ1n) is 4.96. The first-order valence-corrected chi connectivity index (χ1v) is 4.96. The molecule has 0 spiro atoms. The highest BCUT2D eigenvalue weighted by atomic mass is 16.2. The lowest BCUT2D eigenvalue weighted by molar-refractivity contribution is 0.0657. The lowest BCUT2D eigenvalue weighted by Gasteiger charge is -2.32. The Morgan fingerprint density at radius 1 is 1.27 bits per heavy atom. The third-order valence-corrected chi connectivity index (χ3v) is 2.50. The zero-order valence-corrected chi connectivity index (χ0v) is 9.74. The summed E-state index contributed by atoms with van der Waals surface area (Å²) in [4.78, 5) is 13.8. The molecule has 0 bridgehead atoms. The van der Waals surface area contributed by atoms with Crippen molar-refractivity contribution in [1.82, 2.24) is 4.90 Å². The number of para-hydroxylation sites is 1. The summed E-state index contributed by atoms with van der Waals surface area (Å²) in [5, 5.41) is 0. The molecule has 82 valence electrons. The Bertz CT molecular complexity index is 366. The molecule has 0 saturated carbocycles. The lowest BCUT2D eigenvalue weighted by Crippen LogP contribution is -2.42. The fourth-order valence-electron chi connectivity index (χ4n) is 1.18. The van der Waals surface area contributed by atoms with Crippen LogP contribution in [0.3, 0.4) is 0 Å². The van der Waals surface area contributed by atoms with Crippen LogP contribution < -0.4 is 5.73 Å². The van der Waals surface area contributed by atoms with Crippen LogP contribution >= 0.6 is 0 Å². The van der Waals surface area contributed by atoms with Crippen molar-refractivity contribution in [3.05, 3.63) is 29.8 Å². The van der Waals surface area contributed by atoms with Gasteiger partial charge in [0.15, 0.2) is 0 Å². The summed E-state index contributed by atoms with van der Waals surface area (Å²) in [5.41, 5.74) is 6.65. The number of amides is 1. The molecule has 3 heteroatoms. The van der Waals surface area contributed by atoms with Gasteiger partial charge in [-0.25, -0.2) is 0 Å². The van der Waals surface area contributed by atoms with Crippen molar-refractivity contribution < 1.29 is 4.79 Å². The molecule has 3 nitrogen and oxygen atoms in total. The van der Waals surface area contributed by atoms with E-state index in [1.54, 1.807) is 24.1 Å². The number of anilines is 1. The molecule has 15 heavy (non-hydrogen) atoms. The molecule has 0 aliphatic heterocycles. The molecule has 1 amide bonds. The largest absolute Gasteiger partial charge is 0.398 e. The molecule has 0 fully saturated rings. The number of carbonyl (C=O) groups is 1. The highest BCUT2D eigenvalue weighted by molar-refractivity contribution is 5.99. The first kappa shape index (κ1) is 11.6. The van der Waals surface area contributed by atoms with Crippen molar-refractivity contribution in [3.63, 3.8) is 0 Å². The van der Waals surface area contributed by atoms with Crippen LogP contribution in [0.25, 0.3) is 0 Å². The fourth-order valence-corrected chi connectivity index (χ4v) is 1.18. The molecule has 0 aliphatic carbocycles. The molecule has 0 heterocycles. The van der Waals surface area contributed by atoms with Gasteiger partial charge in [-0.15, -0.1) is 0 Å². The minimum Gasteiger partial charge on any atom is -0.398 e. The second kappa shape index (κ2) is 3.93. The van der Waals surface area contributed by atoms with E-state index in [1.165, 1.54) is 0 Å². The van der Waals surface area contributed by atoms with Crippen molar-refractivity contribution in [2.45, 2.75) is 26.3 Å². The first-order chi connectivity index (χ1) is 6.84. The zero-order chi connectivity index (χ0) is 11.6. The van der Waals surface area contributed by atoms with E-state index < -0.39 is 0 Å². The highest BCUT2D eigenvalue weighted by Gasteiger charge is 2.24. The molecule has 0 unspecified atom stereocenters. The normalized spacial score (nSPS) is 11.2. The van der Waals surface area contributed by atoms with Gasteiger partial charge in [0.1, 0.15) is 0 Å². The van der Waals surface area contributed by atoms with E-state index in [0.717, 1.165) is 0 Å². The second-order valence-corrected chi connectivity index (χ2v) is 4.62. The second-order valence-electron chi connectivity index (χ2n) is 4.62. The van der Waals surface area contributed by atoms with Crippen LogP contribution in [0.4, 0.5) is 5.69 Å². The minimum absolute atomic E-state index is 0.0411. The van der Waals surface area contributed by atoms with Crippen LogP contribution in [-0.2, 0) is 0 Å². The van der Waals surface area contributed by atoms with E-state index >= 15 is 0 Å². The van der Waals surface area contributed by atoms with Gasteiger partial charge in [0.25, 0.3) is 5.91 Å². The van der Waals surface area contributed by atoms with E-state index in [0.29, 0.717) is 11.3 Å². The van der Waals surface area contributed by atoms with Gasteiger partial charge in [0.2, 0.25) is 0 Å². The van der Waals surface area contributed by atoms with Crippen LogP contribution in [0.5, 0.6) is 0 Å². The lowest BCUT2D eigenvalue weighted by atomic mass is 10.0. The van der Waals surface area contributed by atoms with Crippen LogP contribution in [0.1, 0.15) is 31.1 Å². The topological polar surface area (TPSA) is 46.3 Å². The van der Waals surface area contributed by atoms with Gasteiger partial charge in [-0.2, -0.15) is 0 Å². The average Bonchev–Trinajstić information content (AvgIpc) is 2.15. The van der Waals surface area contributed by atoms with E-state index in [9.17, 15) is 4.79 Å². The number of nitrogen functional groups attached to an aromatic ring is 1. The van der Waals surface area contributed by atoms with Crippen molar-refractivity contribution in [2.75, 3.05) is 12.8 Å². The van der Waals surface area contributed by atoms with E-state index in [2.05, 4.69) is 0 Å². The van der Waals surface area contributed by atoms with Gasteiger partial charge in [-0.05, 0) is 32.9 Å². The summed E-state index contributed by atoms with van der Waals surface area (Å²) >= 11 is 0. The van der Waals surface area contributed by atoms with Gasteiger partial charge in [0, 0.05) is 18.3 Å². The van der Waals surface area contributed by atoms with Crippen molar-refractivity contribution in [2.24, 2.45) is 0 Å². The third-order valence-electron chi connectivity index (χ3n) is 2.50. The summed E-state index contributed by atoms with van der Waals surface area (Å²) in [5.74, 6) is -0.0411. The summed E-state index contributed by atoms with van der Waals surface area (Å²) in [6.45, 7) is 5.97. The van der Waals surface area contributed by atoms with Crippen molar-refractivity contribution >= 4 is 11.6 Å². The Morgan fingerprint density at radius 3 is 2.27 bits per heavy atom. The van der Waals surface area contributed by atoms with Gasteiger partial charge in [0.05, 0.1) is 5.56 Å². The third kappa shape index (κ3) is 2.49. The Hall–Kier alpha value is -1.51. The number of carbonyl (C=O) groups excluding carboxylic acids is 1. The number of hydrogen-bond acceptors (Lipinski definition) is 2. The molecule has 1 rings (SSSR count). The van der Waals surface area contributed by atoms with Crippen LogP contribution in [0, 0.1) is 0 Å². The molecule has 1 aromatic rings. The van der Waals surface area contributed by atoms with Crippen molar-refractivity contribution in [1.29, 1.82) is 0 Å². The average molecular weight is 206 g/mol. The van der Waals surface area contributed by atoms with Crippen LogP contribution in [0.2, 0.25) is 0 Å². The maximum Gasteiger partial charge on any atom is 0.256 e. The molecular formula is C12H18N2O. The molecule has 2 N–H and O–H groups in total.